The van der Waals surface area contributed by atoms with Crippen molar-refractivity contribution < 1.29 is 13.6 Å². The topological polar surface area (TPSA) is 35.5 Å². The molecular formula is C19H22BrO3P. The minimum absolute atomic E-state index is 0.297. The summed E-state index contributed by atoms with van der Waals surface area (Å²) in [5.74, 6) is 0. The standard InChI is InChI=1S/C19H22BrO3P/c1-3-22-24(21,23-4-2)15-18-9-7-16(8-10-18)5-6-17-11-13-19(20)14-12-17/h5-14H,3-4,15H2,1-2H3/b6-5+. The predicted molar refractivity (Wildman–Crippen MR) is 104 cm³/mol. The van der Waals surface area contributed by atoms with Crippen LogP contribution in [-0.2, 0) is 19.8 Å². The summed E-state index contributed by atoms with van der Waals surface area (Å²) in [5.41, 5.74) is 3.17. The number of rotatable bonds is 8. The SMILES string of the molecule is CCOP(=O)(Cc1ccc(/C=C/c2ccc(Br)cc2)cc1)OCC. The van der Waals surface area contributed by atoms with Gasteiger partial charge in [-0.25, -0.2) is 0 Å². The summed E-state index contributed by atoms with van der Waals surface area (Å²) < 4.78 is 24.3. The molecule has 0 unspecified atom stereocenters. The molecule has 3 nitrogen and oxygen atoms in total. The Morgan fingerprint density at radius 1 is 0.875 bits per heavy atom. The van der Waals surface area contributed by atoms with Crippen molar-refractivity contribution in [2.75, 3.05) is 13.2 Å². The van der Waals surface area contributed by atoms with Crippen LogP contribution in [0.2, 0.25) is 0 Å². The van der Waals surface area contributed by atoms with Crippen LogP contribution in [0.4, 0.5) is 0 Å². The van der Waals surface area contributed by atoms with E-state index >= 15 is 0 Å². The second kappa shape index (κ2) is 9.33. The summed E-state index contributed by atoms with van der Waals surface area (Å²) in [6.07, 6.45) is 4.41. The van der Waals surface area contributed by atoms with Crippen molar-refractivity contribution in [3.8, 4) is 0 Å². The Balaban J connectivity index is 2.04. The molecule has 0 aliphatic carbocycles. The van der Waals surface area contributed by atoms with Gasteiger partial charge in [0, 0.05) is 4.47 Å². The molecule has 0 amide bonds. The van der Waals surface area contributed by atoms with E-state index in [0.29, 0.717) is 19.4 Å². The molecule has 24 heavy (non-hydrogen) atoms. The first-order valence-corrected chi connectivity index (χ1v) is 10.5. The van der Waals surface area contributed by atoms with Gasteiger partial charge in [-0.05, 0) is 42.7 Å². The summed E-state index contributed by atoms with van der Waals surface area (Å²) >= 11 is 3.43. The van der Waals surface area contributed by atoms with Crippen LogP contribution in [0.3, 0.4) is 0 Å². The third-order valence-electron chi connectivity index (χ3n) is 3.35. The number of hydrogen-bond acceptors (Lipinski definition) is 3. The molecule has 0 spiro atoms. The Hall–Kier alpha value is -1.19. The largest absolute Gasteiger partial charge is 0.335 e. The van der Waals surface area contributed by atoms with E-state index in [-0.39, 0.29) is 0 Å². The monoisotopic (exact) mass is 408 g/mol. The molecule has 0 saturated heterocycles. The van der Waals surface area contributed by atoms with Gasteiger partial charge in [0.25, 0.3) is 0 Å². The second-order valence-electron chi connectivity index (χ2n) is 5.23. The average Bonchev–Trinajstić information content (AvgIpc) is 2.56. The molecule has 0 radical (unpaired) electrons. The molecular weight excluding hydrogens is 387 g/mol. The molecule has 5 heteroatoms. The molecule has 0 aromatic heterocycles. The van der Waals surface area contributed by atoms with Crippen molar-refractivity contribution in [1.82, 2.24) is 0 Å². The van der Waals surface area contributed by atoms with Gasteiger partial charge in [-0.1, -0.05) is 64.5 Å². The smallest absolute Gasteiger partial charge is 0.309 e. The molecule has 0 saturated carbocycles. The van der Waals surface area contributed by atoms with Gasteiger partial charge in [0.1, 0.15) is 0 Å². The Labute approximate surface area is 152 Å². The highest BCUT2D eigenvalue weighted by Crippen LogP contribution is 2.51. The second-order valence-corrected chi connectivity index (χ2v) is 8.20. The van der Waals surface area contributed by atoms with E-state index in [1.165, 1.54) is 0 Å². The lowest BCUT2D eigenvalue weighted by atomic mass is 10.1. The highest BCUT2D eigenvalue weighted by Gasteiger charge is 2.23. The van der Waals surface area contributed by atoms with Crippen LogP contribution in [0.25, 0.3) is 12.2 Å². The average molecular weight is 409 g/mol. The van der Waals surface area contributed by atoms with Gasteiger partial charge in [-0.2, -0.15) is 0 Å². The van der Waals surface area contributed by atoms with E-state index in [4.69, 9.17) is 9.05 Å². The first-order valence-electron chi connectivity index (χ1n) is 7.95. The van der Waals surface area contributed by atoms with Gasteiger partial charge < -0.3 is 9.05 Å². The van der Waals surface area contributed by atoms with Crippen molar-refractivity contribution in [2.45, 2.75) is 20.0 Å². The summed E-state index contributed by atoms with van der Waals surface area (Å²) in [6.45, 7) is 4.40. The molecule has 2 aromatic rings. The zero-order valence-electron chi connectivity index (χ0n) is 13.9. The first-order chi connectivity index (χ1) is 11.5. The van der Waals surface area contributed by atoms with Crippen LogP contribution < -0.4 is 0 Å². The van der Waals surface area contributed by atoms with Gasteiger partial charge in [-0.3, -0.25) is 4.57 Å². The van der Waals surface area contributed by atoms with E-state index in [1.54, 1.807) is 0 Å². The van der Waals surface area contributed by atoms with E-state index < -0.39 is 7.60 Å². The minimum atomic E-state index is -3.05. The predicted octanol–water partition coefficient (Wildman–Crippen LogP) is 6.39. The van der Waals surface area contributed by atoms with Crippen LogP contribution in [0.5, 0.6) is 0 Å². The molecule has 0 fully saturated rings. The summed E-state index contributed by atoms with van der Waals surface area (Å²) in [5, 5.41) is 0. The minimum Gasteiger partial charge on any atom is -0.309 e. The van der Waals surface area contributed by atoms with Crippen LogP contribution in [0, 0.1) is 0 Å². The fraction of sp³-hybridized carbons (Fsp3) is 0.263. The summed E-state index contributed by atoms with van der Waals surface area (Å²) in [6, 6.07) is 16.1. The Kier molecular flexibility index (Phi) is 7.44. The van der Waals surface area contributed by atoms with Gasteiger partial charge >= 0.3 is 7.60 Å². The van der Waals surface area contributed by atoms with Gasteiger partial charge in [-0.15, -0.1) is 0 Å². The van der Waals surface area contributed by atoms with Crippen molar-refractivity contribution >= 4 is 35.7 Å². The molecule has 128 valence electrons. The molecule has 0 heterocycles. The maximum atomic E-state index is 12.5. The van der Waals surface area contributed by atoms with Crippen molar-refractivity contribution in [3.05, 3.63) is 69.7 Å². The lowest BCUT2D eigenvalue weighted by molar-refractivity contribution is 0.219. The van der Waals surface area contributed by atoms with Gasteiger partial charge in [0.15, 0.2) is 0 Å². The lowest BCUT2D eigenvalue weighted by Gasteiger charge is -2.16. The molecule has 0 N–H and O–H groups in total. The third kappa shape index (κ3) is 6.03. The third-order valence-corrected chi connectivity index (χ3v) is 5.93. The maximum Gasteiger partial charge on any atom is 0.335 e. The Bertz CT molecular complexity index is 698. The van der Waals surface area contributed by atoms with Crippen LogP contribution in [0.1, 0.15) is 30.5 Å². The van der Waals surface area contributed by atoms with Crippen molar-refractivity contribution in [1.29, 1.82) is 0 Å². The van der Waals surface area contributed by atoms with E-state index in [1.807, 2.05) is 50.2 Å². The normalized spacial score (nSPS) is 12.0. The first kappa shape index (κ1) is 19.1. The van der Waals surface area contributed by atoms with Crippen LogP contribution in [-0.4, -0.2) is 13.2 Å². The number of benzene rings is 2. The fourth-order valence-electron chi connectivity index (χ4n) is 2.25. The lowest BCUT2D eigenvalue weighted by Crippen LogP contribution is -1.99. The fourth-order valence-corrected chi connectivity index (χ4v) is 4.21. The Morgan fingerprint density at radius 2 is 1.33 bits per heavy atom. The molecule has 0 atom stereocenters. The molecule has 2 rings (SSSR count). The molecule has 0 aliphatic heterocycles. The highest BCUT2D eigenvalue weighted by atomic mass is 79.9. The van der Waals surface area contributed by atoms with Crippen LogP contribution in [0.15, 0.2) is 53.0 Å². The van der Waals surface area contributed by atoms with Crippen LogP contribution >= 0.6 is 23.5 Å². The van der Waals surface area contributed by atoms with Crippen molar-refractivity contribution in [2.24, 2.45) is 0 Å². The van der Waals surface area contributed by atoms with Gasteiger partial charge in [0.05, 0.1) is 19.4 Å². The van der Waals surface area contributed by atoms with E-state index in [0.717, 1.165) is 21.2 Å². The summed E-state index contributed by atoms with van der Waals surface area (Å²) in [4.78, 5) is 0. The zero-order valence-corrected chi connectivity index (χ0v) is 16.4. The number of hydrogen-bond donors (Lipinski definition) is 0. The summed E-state index contributed by atoms with van der Waals surface area (Å²) in [7, 11) is -3.05. The number of halogens is 1. The highest BCUT2D eigenvalue weighted by molar-refractivity contribution is 9.10. The Morgan fingerprint density at radius 3 is 1.79 bits per heavy atom. The molecule has 0 bridgehead atoms. The van der Waals surface area contributed by atoms with Gasteiger partial charge in [0.2, 0.25) is 0 Å². The van der Waals surface area contributed by atoms with E-state index in [9.17, 15) is 4.57 Å². The van der Waals surface area contributed by atoms with E-state index in [2.05, 4.69) is 40.2 Å². The van der Waals surface area contributed by atoms with Crippen molar-refractivity contribution in [3.63, 3.8) is 0 Å². The molecule has 0 aliphatic rings. The quantitative estimate of drug-likeness (QED) is 0.375. The molecule has 2 aromatic carbocycles. The maximum absolute atomic E-state index is 12.5. The zero-order chi connectivity index (χ0) is 17.4.